The number of aliphatic hydroxyl groups excluding tert-OH is 1. The third kappa shape index (κ3) is 4.05. The largest absolute Gasteiger partial charge is 0.395 e. The van der Waals surface area contributed by atoms with E-state index in [1.54, 1.807) is 7.05 Å². The van der Waals surface area contributed by atoms with E-state index >= 15 is 0 Å². The van der Waals surface area contributed by atoms with E-state index in [1.165, 1.54) is 0 Å². The lowest BCUT2D eigenvalue weighted by Crippen LogP contribution is -2.21. The fourth-order valence-corrected chi connectivity index (χ4v) is 0.440. The van der Waals surface area contributed by atoms with E-state index < -0.39 is 0 Å². The molecule has 2 N–H and O–H groups in total. The van der Waals surface area contributed by atoms with Crippen molar-refractivity contribution in [1.29, 1.82) is 0 Å². The molecule has 0 amide bonds. The molecule has 0 bridgehead atoms. The Balaban J connectivity index is 2.83. The van der Waals surface area contributed by atoms with Crippen molar-refractivity contribution in [2.75, 3.05) is 20.2 Å². The fourth-order valence-electron chi connectivity index (χ4n) is 0.286. The van der Waals surface area contributed by atoms with Crippen molar-refractivity contribution in [2.24, 2.45) is 0 Å². The van der Waals surface area contributed by atoms with Crippen molar-refractivity contribution in [3.8, 4) is 0 Å². The number of aliphatic hydroxyl groups is 1. The van der Waals surface area contributed by atoms with Crippen LogP contribution in [-0.2, 0) is 0 Å². The van der Waals surface area contributed by atoms with Crippen molar-refractivity contribution in [3.05, 3.63) is 0 Å². The Kier molecular flexibility index (Phi) is 4.50. The number of hydrogen-bond acceptors (Lipinski definition) is 2. The highest BCUT2D eigenvalue weighted by Crippen LogP contribution is 1.88. The zero-order chi connectivity index (χ0) is 5.70. The number of alkyl halides is 1. The van der Waals surface area contributed by atoms with Gasteiger partial charge in [0, 0.05) is 6.54 Å². The Morgan fingerprint density at radius 3 is 2.57 bits per heavy atom. The molecule has 1 atom stereocenters. The minimum Gasteiger partial charge on any atom is -0.395 e. The van der Waals surface area contributed by atoms with Gasteiger partial charge in [0.1, 0.15) is 0 Å². The molecular weight excluding hydrogens is 114 g/mol. The molecule has 0 aromatic rings. The summed E-state index contributed by atoms with van der Waals surface area (Å²) in [4.78, 5) is 0. The van der Waals surface area contributed by atoms with Crippen LogP contribution in [0.25, 0.3) is 0 Å². The smallest absolute Gasteiger partial charge is 0.0691 e. The zero-order valence-electron chi connectivity index (χ0n) is 4.32. The Hall–Kier alpha value is 0.210. The summed E-state index contributed by atoms with van der Waals surface area (Å²) in [6.07, 6.45) is 0. The van der Waals surface area contributed by atoms with Crippen LogP contribution in [-0.4, -0.2) is 30.7 Å². The van der Waals surface area contributed by atoms with Crippen LogP contribution in [0.4, 0.5) is 0 Å². The first-order valence-electron chi connectivity index (χ1n) is 2.20. The van der Waals surface area contributed by atoms with Crippen molar-refractivity contribution in [2.45, 2.75) is 5.38 Å². The molecule has 0 radical (unpaired) electrons. The Morgan fingerprint density at radius 1 is 1.86 bits per heavy atom. The van der Waals surface area contributed by atoms with Gasteiger partial charge in [-0.25, -0.2) is 0 Å². The number of hydrogen-bond donors (Lipinski definition) is 2. The first kappa shape index (κ1) is 7.21. The lowest BCUT2D eigenvalue weighted by Gasteiger charge is -2.00. The summed E-state index contributed by atoms with van der Waals surface area (Å²) in [5, 5.41) is 11.0. The van der Waals surface area contributed by atoms with Gasteiger partial charge in [0.15, 0.2) is 0 Å². The molecule has 0 fully saturated rings. The van der Waals surface area contributed by atoms with Crippen LogP contribution in [0.15, 0.2) is 0 Å². The first-order chi connectivity index (χ1) is 3.31. The summed E-state index contributed by atoms with van der Waals surface area (Å²) < 4.78 is 0. The van der Waals surface area contributed by atoms with E-state index in [0.717, 1.165) is 0 Å². The Bertz CT molecular complexity index is 42.7. The quantitative estimate of drug-likeness (QED) is 0.510. The van der Waals surface area contributed by atoms with Gasteiger partial charge in [-0.05, 0) is 7.05 Å². The third-order valence-corrected chi connectivity index (χ3v) is 0.916. The highest BCUT2D eigenvalue weighted by Gasteiger charge is 1.96. The molecule has 44 valence electrons. The maximum Gasteiger partial charge on any atom is 0.0691 e. The summed E-state index contributed by atoms with van der Waals surface area (Å²) in [6.45, 7) is 0.709. The Labute approximate surface area is 48.5 Å². The summed E-state index contributed by atoms with van der Waals surface area (Å²) in [5.74, 6) is 0. The molecule has 3 heteroatoms. The maximum absolute atomic E-state index is 8.29. The van der Waals surface area contributed by atoms with Crippen LogP contribution in [0.2, 0.25) is 0 Å². The monoisotopic (exact) mass is 123 g/mol. The Morgan fingerprint density at radius 2 is 2.43 bits per heavy atom. The molecule has 0 saturated carbocycles. The molecule has 0 aliphatic carbocycles. The predicted octanol–water partition coefficient (Wildman–Crippen LogP) is -0.195. The average Bonchev–Trinajstić information content (AvgIpc) is 1.68. The van der Waals surface area contributed by atoms with Crippen LogP contribution in [0.5, 0.6) is 0 Å². The van der Waals surface area contributed by atoms with E-state index in [9.17, 15) is 0 Å². The molecule has 0 saturated heterocycles. The summed E-state index contributed by atoms with van der Waals surface area (Å²) >= 11 is 5.45. The molecule has 0 aliphatic rings. The third-order valence-electron chi connectivity index (χ3n) is 0.624. The molecule has 0 rings (SSSR count). The van der Waals surface area contributed by atoms with E-state index in [4.69, 9.17) is 16.7 Å². The number of halogens is 1. The van der Waals surface area contributed by atoms with Gasteiger partial charge in [0.2, 0.25) is 0 Å². The van der Waals surface area contributed by atoms with Crippen LogP contribution in [0.3, 0.4) is 0 Å². The normalized spacial score (nSPS) is 14.1. The average molecular weight is 124 g/mol. The highest BCUT2D eigenvalue weighted by atomic mass is 35.5. The standard InChI is InChI=1S/C4H10ClNO/c1-6-2-4(5)3-7/h4,6-7H,2-3H2,1H3. The second kappa shape index (κ2) is 4.37. The molecule has 0 heterocycles. The van der Waals surface area contributed by atoms with Crippen molar-refractivity contribution in [3.63, 3.8) is 0 Å². The molecule has 0 spiro atoms. The summed E-state index contributed by atoms with van der Waals surface area (Å²) in [6, 6.07) is 0. The maximum atomic E-state index is 8.29. The molecule has 1 unspecified atom stereocenters. The molecule has 0 aromatic carbocycles. The minimum absolute atomic E-state index is 0.0440. The van der Waals surface area contributed by atoms with E-state index in [-0.39, 0.29) is 12.0 Å². The van der Waals surface area contributed by atoms with Crippen LogP contribution < -0.4 is 5.32 Å². The van der Waals surface area contributed by atoms with E-state index in [1.807, 2.05) is 0 Å². The minimum atomic E-state index is -0.134. The predicted molar refractivity (Wildman–Crippen MR) is 30.7 cm³/mol. The van der Waals surface area contributed by atoms with Gasteiger partial charge >= 0.3 is 0 Å². The van der Waals surface area contributed by atoms with E-state index in [0.29, 0.717) is 6.54 Å². The van der Waals surface area contributed by atoms with Gasteiger partial charge in [-0.15, -0.1) is 11.6 Å². The summed E-state index contributed by atoms with van der Waals surface area (Å²) in [5.41, 5.74) is 0. The summed E-state index contributed by atoms with van der Waals surface area (Å²) in [7, 11) is 1.80. The lowest BCUT2D eigenvalue weighted by atomic mass is 10.4. The van der Waals surface area contributed by atoms with Crippen molar-refractivity contribution in [1.82, 2.24) is 5.32 Å². The topological polar surface area (TPSA) is 32.3 Å². The van der Waals surface area contributed by atoms with Crippen molar-refractivity contribution >= 4 is 11.6 Å². The van der Waals surface area contributed by atoms with Crippen LogP contribution in [0, 0.1) is 0 Å². The van der Waals surface area contributed by atoms with E-state index in [2.05, 4.69) is 5.32 Å². The highest BCUT2D eigenvalue weighted by molar-refractivity contribution is 6.20. The van der Waals surface area contributed by atoms with Gasteiger partial charge in [0.05, 0.1) is 12.0 Å². The SMILES string of the molecule is CNCC(Cl)CO. The van der Waals surface area contributed by atoms with Gasteiger partial charge in [0.25, 0.3) is 0 Å². The van der Waals surface area contributed by atoms with Gasteiger partial charge < -0.3 is 10.4 Å². The molecule has 0 aliphatic heterocycles. The molecular formula is C4H10ClNO. The fraction of sp³-hybridized carbons (Fsp3) is 1.00. The molecule has 7 heavy (non-hydrogen) atoms. The van der Waals surface area contributed by atoms with Gasteiger partial charge in [-0.3, -0.25) is 0 Å². The van der Waals surface area contributed by atoms with Gasteiger partial charge in [-0.2, -0.15) is 0 Å². The second-order valence-electron chi connectivity index (χ2n) is 1.34. The second-order valence-corrected chi connectivity index (χ2v) is 1.95. The van der Waals surface area contributed by atoms with Crippen LogP contribution in [0.1, 0.15) is 0 Å². The molecule has 0 aromatic heterocycles. The number of rotatable bonds is 3. The van der Waals surface area contributed by atoms with Crippen molar-refractivity contribution < 1.29 is 5.11 Å². The first-order valence-corrected chi connectivity index (χ1v) is 2.64. The zero-order valence-corrected chi connectivity index (χ0v) is 5.07. The number of nitrogens with one attached hydrogen (secondary N) is 1. The van der Waals surface area contributed by atoms with Gasteiger partial charge in [-0.1, -0.05) is 0 Å². The lowest BCUT2D eigenvalue weighted by molar-refractivity contribution is 0.291. The molecule has 2 nitrogen and oxygen atoms in total. The van der Waals surface area contributed by atoms with Crippen LogP contribution >= 0.6 is 11.6 Å².